The quantitative estimate of drug-likeness (QED) is 0.486. The van der Waals surface area contributed by atoms with Crippen molar-refractivity contribution in [2.75, 3.05) is 20.8 Å². The maximum Gasteiger partial charge on any atom is 0.416 e. The second-order valence-corrected chi connectivity index (χ2v) is 6.92. The Hall–Kier alpha value is -4.09. The SMILES string of the molecule is COc1ccc(C(=O)NCC(=O)OC(C)c2nc(-c3cccc(C(F)(F)F)c3)no2)cc1OC. The van der Waals surface area contributed by atoms with Crippen LogP contribution in [0.2, 0.25) is 0 Å². The van der Waals surface area contributed by atoms with Gasteiger partial charge in [-0.25, -0.2) is 0 Å². The van der Waals surface area contributed by atoms with Gasteiger partial charge in [0.2, 0.25) is 5.82 Å². The number of benzene rings is 2. The van der Waals surface area contributed by atoms with E-state index in [1.54, 1.807) is 6.07 Å². The molecule has 2 aromatic carbocycles. The number of ether oxygens (including phenoxy) is 3. The number of amides is 1. The smallest absolute Gasteiger partial charge is 0.416 e. The zero-order valence-corrected chi connectivity index (χ0v) is 18.3. The minimum atomic E-state index is -4.52. The normalized spacial score (nSPS) is 12.1. The molecule has 1 atom stereocenters. The highest BCUT2D eigenvalue weighted by atomic mass is 19.4. The summed E-state index contributed by atoms with van der Waals surface area (Å²) in [6.45, 7) is 0.990. The Bertz CT molecular complexity index is 1180. The maximum absolute atomic E-state index is 12.9. The largest absolute Gasteiger partial charge is 0.493 e. The molecule has 3 rings (SSSR count). The standard InChI is InChI=1S/C22H20F3N3O6/c1-12(21-27-19(28-34-21)13-5-4-6-15(9-13)22(23,24)25)33-18(29)11-26-20(30)14-7-8-16(31-2)17(10-14)32-3/h4-10,12H,11H2,1-3H3,(H,26,30). The van der Waals surface area contributed by atoms with E-state index in [1.165, 1.54) is 45.4 Å². The van der Waals surface area contributed by atoms with Crippen molar-refractivity contribution in [2.24, 2.45) is 0 Å². The first kappa shape index (κ1) is 24.6. The van der Waals surface area contributed by atoms with E-state index in [2.05, 4.69) is 15.5 Å². The number of carbonyl (C=O) groups excluding carboxylic acids is 2. The summed E-state index contributed by atoms with van der Waals surface area (Å²) in [6.07, 6.45) is -5.52. The molecule has 0 aliphatic heterocycles. The number of methoxy groups -OCH3 is 2. The van der Waals surface area contributed by atoms with Crippen LogP contribution < -0.4 is 14.8 Å². The third kappa shape index (κ3) is 5.82. The Balaban J connectivity index is 1.58. The van der Waals surface area contributed by atoms with Crippen molar-refractivity contribution < 1.29 is 41.5 Å². The van der Waals surface area contributed by atoms with Crippen LogP contribution in [0.4, 0.5) is 13.2 Å². The van der Waals surface area contributed by atoms with Crippen LogP contribution >= 0.6 is 0 Å². The van der Waals surface area contributed by atoms with Gasteiger partial charge in [-0.05, 0) is 37.3 Å². The summed E-state index contributed by atoms with van der Waals surface area (Å²) in [5.41, 5.74) is -0.535. The number of alkyl halides is 3. The zero-order chi connectivity index (χ0) is 24.9. The van der Waals surface area contributed by atoms with Crippen LogP contribution in [0.1, 0.15) is 34.8 Å². The van der Waals surface area contributed by atoms with Gasteiger partial charge in [-0.15, -0.1) is 0 Å². The first-order valence-electron chi connectivity index (χ1n) is 9.83. The van der Waals surface area contributed by atoms with E-state index < -0.39 is 36.3 Å². The molecule has 0 radical (unpaired) electrons. The van der Waals surface area contributed by atoms with Crippen molar-refractivity contribution in [1.29, 1.82) is 0 Å². The van der Waals surface area contributed by atoms with Gasteiger partial charge in [0, 0.05) is 11.1 Å². The highest BCUT2D eigenvalue weighted by Gasteiger charge is 2.31. The fourth-order valence-corrected chi connectivity index (χ4v) is 2.87. The molecule has 1 heterocycles. The van der Waals surface area contributed by atoms with Crippen LogP contribution in [0, 0.1) is 0 Å². The first-order chi connectivity index (χ1) is 16.1. The second kappa shape index (κ2) is 10.2. The van der Waals surface area contributed by atoms with Crippen molar-refractivity contribution in [3.63, 3.8) is 0 Å². The highest BCUT2D eigenvalue weighted by molar-refractivity contribution is 5.96. The summed E-state index contributed by atoms with van der Waals surface area (Å²) >= 11 is 0. The molecular formula is C22H20F3N3O6. The number of carbonyl (C=O) groups is 2. The van der Waals surface area contributed by atoms with E-state index in [9.17, 15) is 22.8 Å². The van der Waals surface area contributed by atoms with Crippen LogP contribution in [0.3, 0.4) is 0 Å². The van der Waals surface area contributed by atoms with Gasteiger partial charge in [-0.1, -0.05) is 17.3 Å². The molecule has 1 amide bonds. The van der Waals surface area contributed by atoms with Crippen molar-refractivity contribution >= 4 is 11.9 Å². The molecular weight excluding hydrogens is 459 g/mol. The van der Waals surface area contributed by atoms with E-state index in [0.717, 1.165) is 12.1 Å². The zero-order valence-electron chi connectivity index (χ0n) is 18.3. The van der Waals surface area contributed by atoms with Gasteiger partial charge in [-0.3, -0.25) is 9.59 Å². The number of nitrogens with zero attached hydrogens (tertiary/aromatic N) is 2. The van der Waals surface area contributed by atoms with Crippen LogP contribution in [-0.4, -0.2) is 42.8 Å². The lowest BCUT2D eigenvalue weighted by molar-refractivity contribution is -0.148. The molecule has 34 heavy (non-hydrogen) atoms. The minimum absolute atomic E-state index is 0.0885. The van der Waals surface area contributed by atoms with Gasteiger partial charge < -0.3 is 24.1 Å². The molecule has 1 aromatic heterocycles. The van der Waals surface area contributed by atoms with Crippen molar-refractivity contribution in [2.45, 2.75) is 19.2 Å². The number of nitrogens with one attached hydrogen (secondary N) is 1. The molecule has 0 spiro atoms. The summed E-state index contributed by atoms with van der Waals surface area (Å²) in [4.78, 5) is 28.4. The third-order valence-corrected chi connectivity index (χ3v) is 4.58. The first-order valence-corrected chi connectivity index (χ1v) is 9.83. The van der Waals surface area contributed by atoms with Gasteiger partial charge in [0.15, 0.2) is 17.6 Å². The molecule has 12 heteroatoms. The number of aromatic nitrogens is 2. The summed E-state index contributed by atoms with van der Waals surface area (Å²) < 4.78 is 59.1. The number of hydrogen-bond acceptors (Lipinski definition) is 8. The summed E-state index contributed by atoms with van der Waals surface area (Å²) in [5, 5.41) is 6.06. The molecule has 3 aromatic rings. The fourth-order valence-electron chi connectivity index (χ4n) is 2.87. The Morgan fingerprint density at radius 1 is 1.09 bits per heavy atom. The van der Waals surface area contributed by atoms with Crippen LogP contribution in [0.5, 0.6) is 11.5 Å². The van der Waals surface area contributed by atoms with Crippen LogP contribution in [0.25, 0.3) is 11.4 Å². The second-order valence-electron chi connectivity index (χ2n) is 6.92. The monoisotopic (exact) mass is 479 g/mol. The van der Waals surface area contributed by atoms with Gasteiger partial charge in [0.1, 0.15) is 6.54 Å². The van der Waals surface area contributed by atoms with Gasteiger partial charge in [0.05, 0.1) is 19.8 Å². The average Bonchev–Trinajstić information content (AvgIpc) is 3.32. The van der Waals surface area contributed by atoms with Crippen LogP contribution in [-0.2, 0) is 15.7 Å². The number of rotatable bonds is 8. The Kier molecular flexibility index (Phi) is 7.39. The lowest BCUT2D eigenvalue weighted by Crippen LogP contribution is -2.31. The molecule has 1 N–H and O–H groups in total. The van der Waals surface area contributed by atoms with Gasteiger partial charge in [-0.2, -0.15) is 18.2 Å². The van der Waals surface area contributed by atoms with Gasteiger partial charge >= 0.3 is 12.1 Å². The molecule has 0 saturated carbocycles. The lowest BCUT2D eigenvalue weighted by atomic mass is 10.1. The lowest BCUT2D eigenvalue weighted by Gasteiger charge is -2.11. The third-order valence-electron chi connectivity index (χ3n) is 4.58. The Labute approximate surface area is 191 Å². The van der Waals surface area contributed by atoms with E-state index in [4.69, 9.17) is 18.7 Å². The highest BCUT2D eigenvalue weighted by Crippen LogP contribution is 2.32. The molecule has 0 aliphatic carbocycles. The number of halogens is 3. The van der Waals surface area contributed by atoms with Crippen molar-refractivity contribution in [3.8, 4) is 22.9 Å². The molecule has 1 unspecified atom stereocenters. The average molecular weight is 479 g/mol. The van der Waals surface area contributed by atoms with Crippen LogP contribution in [0.15, 0.2) is 47.0 Å². The Morgan fingerprint density at radius 3 is 2.50 bits per heavy atom. The van der Waals surface area contributed by atoms with E-state index >= 15 is 0 Å². The topological polar surface area (TPSA) is 113 Å². The number of hydrogen-bond donors (Lipinski definition) is 1. The van der Waals surface area contributed by atoms with Crippen molar-refractivity contribution in [1.82, 2.24) is 15.5 Å². The van der Waals surface area contributed by atoms with E-state index in [0.29, 0.717) is 11.5 Å². The fraction of sp³-hybridized carbons (Fsp3) is 0.273. The maximum atomic E-state index is 12.9. The van der Waals surface area contributed by atoms with E-state index in [1.807, 2.05) is 0 Å². The molecule has 9 nitrogen and oxygen atoms in total. The molecule has 180 valence electrons. The molecule has 0 bridgehead atoms. The Morgan fingerprint density at radius 2 is 1.82 bits per heavy atom. The van der Waals surface area contributed by atoms with E-state index in [-0.39, 0.29) is 22.8 Å². The predicted molar refractivity (Wildman–Crippen MR) is 111 cm³/mol. The van der Waals surface area contributed by atoms with Crippen molar-refractivity contribution in [3.05, 3.63) is 59.5 Å². The summed E-state index contributed by atoms with van der Waals surface area (Å²) in [7, 11) is 2.88. The summed E-state index contributed by atoms with van der Waals surface area (Å²) in [6, 6.07) is 8.92. The molecule has 0 saturated heterocycles. The number of esters is 1. The molecule has 0 aliphatic rings. The summed E-state index contributed by atoms with van der Waals surface area (Å²) in [5.74, 6) is -0.760. The molecule has 0 fully saturated rings. The predicted octanol–water partition coefficient (Wildman–Crippen LogP) is 3.81. The minimum Gasteiger partial charge on any atom is -0.493 e. The van der Waals surface area contributed by atoms with Gasteiger partial charge in [0.25, 0.3) is 11.8 Å².